The van der Waals surface area contributed by atoms with Crippen LogP contribution in [0, 0.1) is 11.8 Å². The SMILES string of the molecule is CC(C)COC(=O)OC1CCCC1CN. The summed E-state index contributed by atoms with van der Waals surface area (Å²) in [6, 6.07) is 0. The van der Waals surface area contributed by atoms with Crippen molar-refractivity contribution < 1.29 is 14.3 Å². The Morgan fingerprint density at radius 3 is 2.80 bits per heavy atom. The molecular weight excluding hydrogens is 194 g/mol. The molecule has 0 aromatic heterocycles. The molecule has 2 unspecified atom stereocenters. The number of carbonyl (C=O) groups is 1. The molecule has 1 saturated carbocycles. The zero-order chi connectivity index (χ0) is 11.3. The van der Waals surface area contributed by atoms with Gasteiger partial charge in [0.15, 0.2) is 0 Å². The monoisotopic (exact) mass is 215 g/mol. The first-order valence-electron chi connectivity index (χ1n) is 5.67. The molecule has 1 fully saturated rings. The first kappa shape index (κ1) is 12.3. The lowest BCUT2D eigenvalue weighted by molar-refractivity contribution is 0.00691. The Labute approximate surface area is 91.1 Å². The summed E-state index contributed by atoms with van der Waals surface area (Å²) in [6.07, 6.45) is 2.48. The van der Waals surface area contributed by atoms with Crippen LogP contribution in [0.1, 0.15) is 33.1 Å². The second-order valence-corrected chi connectivity index (χ2v) is 4.54. The van der Waals surface area contributed by atoms with Gasteiger partial charge in [0.25, 0.3) is 0 Å². The Balaban J connectivity index is 2.24. The Hall–Kier alpha value is -0.770. The van der Waals surface area contributed by atoms with Crippen molar-refractivity contribution in [2.75, 3.05) is 13.2 Å². The predicted molar refractivity (Wildman–Crippen MR) is 57.5 cm³/mol. The molecule has 2 atom stereocenters. The van der Waals surface area contributed by atoms with Crippen molar-refractivity contribution in [2.45, 2.75) is 39.2 Å². The van der Waals surface area contributed by atoms with E-state index in [0.717, 1.165) is 19.3 Å². The summed E-state index contributed by atoms with van der Waals surface area (Å²) in [5, 5.41) is 0. The highest BCUT2D eigenvalue weighted by atomic mass is 16.7. The van der Waals surface area contributed by atoms with E-state index in [1.165, 1.54) is 0 Å². The van der Waals surface area contributed by atoms with Gasteiger partial charge >= 0.3 is 6.16 Å². The van der Waals surface area contributed by atoms with E-state index in [-0.39, 0.29) is 6.10 Å². The van der Waals surface area contributed by atoms with E-state index >= 15 is 0 Å². The van der Waals surface area contributed by atoms with Crippen molar-refractivity contribution >= 4 is 6.16 Å². The van der Waals surface area contributed by atoms with Crippen molar-refractivity contribution in [1.82, 2.24) is 0 Å². The van der Waals surface area contributed by atoms with Crippen molar-refractivity contribution in [2.24, 2.45) is 17.6 Å². The molecule has 0 heterocycles. The molecule has 0 spiro atoms. The van der Waals surface area contributed by atoms with Gasteiger partial charge in [-0.25, -0.2) is 4.79 Å². The third kappa shape index (κ3) is 4.08. The number of hydrogen-bond acceptors (Lipinski definition) is 4. The van der Waals surface area contributed by atoms with E-state index in [1.54, 1.807) is 0 Å². The molecule has 0 radical (unpaired) electrons. The lowest BCUT2D eigenvalue weighted by Gasteiger charge is -2.18. The average Bonchev–Trinajstić information content (AvgIpc) is 2.62. The van der Waals surface area contributed by atoms with Gasteiger partial charge in [-0.15, -0.1) is 0 Å². The zero-order valence-electron chi connectivity index (χ0n) is 9.57. The Morgan fingerprint density at radius 2 is 2.20 bits per heavy atom. The summed E-state index contributed by atoms with van der Waals surface area (Å²) in [4.78, 5) is 11.3. The van der Waals surface area contributed by atoms with Gasteiger partial charge < -0.3 is 15.2 Å². The van der Waals surface area contributed by atoms with Crippen LogP contribution in [0.15, 0.2) is 0 Å². The quantitative estimate of drug-likeness (QED) is 0.728. The molecule has 0 aromatic rings. The largest absolute Gasteiger partial charge is 0.508 e. The van der Waals surface area contributed by atoms with Crippen LogP contribution in [0.2, 0.25) is 0 Å². The van der Waals surface area contributed by atoms with E-state index in [2.05, 4.69) is 0 Å². The molecule has 4 heteroatoms. The van der Waals surface area contributed by atoms with Crippen LogP contribution in [0.5, 0.6) is 0 Å². The van der Waals surface area contributed by atoms with Crippen LogP contribution in [0.25, 0.3) is 0 Å². The van der Waals surface area contributed by atoms with Gasteiger partial charge in [-0.3, -0.25) is 0 Å². The van der Waals surface area contributed by atoms with Gasteiger partial charge in [0, 0.05) is 5.92 Å². The number of hydrogen-bond donors (Lipinski definition) is 1. The van der Waals surface area contributed by atoms with E-state index in [1.807, 2.05) is 13.8 Å². The zero-order valence-corrected chi connectivity index (χ0v) is 9.57. The van der Waals surface area contributed by atoms with Gasteiger partial charge in [-0.1, -0.05) is 13.8 Å². The Kier molecular flexibility index (Phi) is 4.88. The topological polar surface area (TPSA) is 61.5 Å². The maximum absolute atomic E-state index is 11.3. The van der Waals surface area contributed by atoms with Crippen molar-refractivity contribution in [3.63, 3.8) is 0 Å². The molecule has 15 heavy (non-hydrogen) atoms. The molecule has 0 bridgehead atoms. The van der Waals surface area contributed by atoms with Gasteiger partial charge in [-0.05, 0) is 31.7 Å². The maximum atomic E-state index is 11.3. The molecule has 2 N–H and O–H groups in total. The van der Waals surface area contributed by atoms with E-state index in [0.29, 0.717) is 25.0 Å². The summed E-state index contributed by atoms with van der Waals surface area (Å²) in [7, 11) is 0. The summed E-state index contributed by atoms with van der Waals surface area (Å²) in [6.45, 7) is 4.98. The average molecular weight is 215 g/mol. The van der Waals surface area contributed by atoms with Gasteiger partial charge in [0.05, 0.1) is 6.61 Å². The summed E-state index contributed by atoms with van der Waals surface area (Å²) in [5.41, 5.74) is 5.59. The highest BCUT2D eigenvalue weighted by Crippen LogP contribution is 2.27. The second kappa shape index (κ2) is 5.95. The minimum absolute atomic E-state index is 0.0327. The van der Waals surface area contributed by atoms with Crippen LogP contribution in [0.3, 0.4) is 0 Å². The summed E-state index contributed by atoms with van der Waals surface area (Å²) in [5.74, 6) is 0.656. The minimum atomic E-state index is -0.547. The van der Waals surface area contributed by atoms with Crippen LogP contribution in [-0.2, 0) is 9.47 Å². The van der Waals surface area contributed by atoms with Crippen LogP contribution >= 0.6 is 0 Å². The molecule has 88 valence electrons. The molecule has 1 aliphatic rings. The van der Waals surface area contributed by atoms with Gasteiger partial charge in [-0.2, -0.15) is 0 Å². The van der Waals surface area contributed by atoms with Crippen LogP contribution in [0.4, 0.5) is 4.79 Å². The molecule has 1 aliphatic carbocycles. The lowest BCUT2D eigenvalue weighted by Crippen LogP contribution is -2.28. The number of nitrogens with two attached hydrogens (primary N) is 1. The lowest BCUT2D eigenvalue weighted by atomic mass is 10.1. The second-order valence-electron chi connectivity index (χ2n) is 4.54. The molecule has 1 rings (SSSR count). The summed E-state index contributed by atoms with van der Waals surface area (Å²) >= 11 is 0. The molecule has 4 nitrogen and oxygen atoms in total. The van der Waals surface area contributed by atoms with Crippen LogP contribution in [-0.4, -0.2) is 25.4 Å². The highest BCUT2D eigenvalue weighted by Gasteiger charge is 2.29. The molecule has 0 aliphatic heterocycles. The van der Waals surface area contributed by atoms with E-state index in [4.69, 9.17) is 15.2 Å². The number of ether oxygens (including phenoxy) is 2. The Bertz CT molecular complexity index is 206. The number of carbonyl (C=O) groups excluding carboxylic acids is 1. The minimum Gasteiger partial charge on any atom is -0.434 e. The summed E-state index contributed by atoms with van der Waals surface area (Å²) < 4.78 is 10.2. The van der Waals surface area contributed by atoms with Crippen molar-refractivity contribution in [3.05, 3.63) is 0 Å². The maximum Gasteiger partial charge on any atom is 0.508 e. The highest BCUT2D eigenvalue weighted by molar-refractivity contribution is 5.60. The smallest absolute Gasteiger partial charge is 0.434 e. The Morgan fingerprint density at radius 1 is 1.47 bits per heavy atom. The predicted octanol–water partition coefficient (Wildman–Crippen LogP) is 1.92. The first-order chi connectivity index (χ1) is 7.13. The fourth-order valence-corrected chi connectivity index (χ4v) is 1.82. The van der Waals surface area contributed by atoms with Gasteiger partial charge in [0.2, 0.25) is 0 Å². The van der Waals surface area contributed by atoms with E-state index in [9.17, 15) is 4.79 Å². The van der Waals surface area contributed by atoms with Crippen molar-refractivity contribution in [3.8, 4) is 0 Å². The van der Waals surface area contributed by atoms with E-state index < -0.39 is 6.16 Å². The molecular formula is C11H21NO3. The number of rotatable bonds is 4. The van der Waals surface area contributed by atoms with Crippen LogP contribution < -0.4 is 5.73 Å². The normalized spacial score (nSPS) is 25.6. The molecule has 0 saturated heterocycles. The molecule has 0 aromatic carbocycles. The fraction of sp³-hybridized carbons (Fsp3) is 0.909. The first-order valence-corrected chi connectivity index (χ1v) is 5.67. The third-order valence-electron chi connectivity index (χ3n) is 2.67. The van der Waals surface area contributed by atoms with Crippen molar-refractivity contribution in [1.29, 1.82) is 0 Å². The molecule has 0 amide bonds. The fourth-order valence-electron chi connectivity index (χ4n) is 1.82. The third-order valence-corrected chi connectivity index (χ3v) is 2.67. The van der Waals surface area contributed by atoms with Gasteiger partial charge in [0.1, 0.15) is 6.10 Å². The standard InChI is InChI=1S/C11H21NO3/c1-8(2)7-14-11(13)15-10-5-3-4-9(10)6-12/h8-10H,3-7,12H2,1-2H3.